The topological polar surface area (TPSA) is 105 Å². The Balaban J connectivity index is 2.02. The molecule has 5 aliphatic rings. The average Bonchev–Trinajstić information content (AvgIpc) is 3.54. The first-order chi connectivity index (χ1) is 12.7. The predicted molar refractivity (Wildman–Crippen MR) is 94.8 cm³/mol. The van der Waals surface area contributed by atoms with E-state index in [1.807, 2.05) is 0 Å². The van der Waals surface area contributed by atoms with Gasteiger partial charge in [-0.1, -0.05) is 31.9 Å². The normalized spacial score (nSPS) is 50.1. The summed E-state index contributed by atoms with van der Waals surface area (Å²) in [5.41, 5.74) is -5.33. The largest absolute Gasteiger partial charge is 0.469 e. The van der Waals surface area contributed by atoms with Gasteiger partial charge in [0.05, 0.1) is 28.4 Å². The molecule has 0 saturated heterocycles. The molecule has 6 bridgehead atoms. The van der Waals surface area contributed by atoms with Crippen molar-refractivity contribution in [1.82, 2.24) is 0 Å². The molecule has 0 aromatic heterocycles. The van der Waals surface area contributed by atoms with Crippen LogP contribution in [-0.4, -0.2) is 62.0 Å². The first-order valence-electron chi connectivity index (χ1n) is 8.33. The molecule has 10 heteroatoms. The van der Waals surface area contributed by atoms with E-state index in [0.717, 1.165) is 0 Å². The molecule has 5 fully saturated rings. The Kier molecular flexibility index (Phi) is 3.73. The van der Waals surface area contributed by atoms with E-state index >= 15 is 0 Å². The maximum atomic E-state index is 13.0. The van der Waals surface area contributed by atoms with Crippen molar-refractivity contribution in [2.45, 2.75) is 16.1 Å². The van der Waals surface area contributed by atoms with Gasteiger partial charge in [-0.25, -0.2) is 0 Å². The summed E-state index contributed by atoms with van der Waals surface area (Å²) >= 11 is 7.05. The fourth-order valence-electron chi connectivity index (χ4n) is 6.78. The molecule has 0 spiro atoms. The number of hydrogen-bond acceptors (Lipinski definition) is 8. The van der Waals surface area contributed by atoms with Gasteiger partial charge in [0.25, 0.3) is 0 Å². The van der Waals surface area contributed by atoms with E-state index in [0.29, 0.717) is 6.42 Å². The van der Waals surface area contributed by atoms with Gasteiger partial charge in [0, 0.05) is 9.65 Å². The van der Waals surface area contributed by atoms with Crippen LogP contribution in [0.2, 0.25) is 0 Å². The fourth-order valence-corrected chi connectivity index (χ4v) is 10.3. The van der Waals surface area contributed by atoms with Crippen LogP contribution in [0.5, 0.6) is 0 Å². The van der Waals surface area contributed by atoms with Gasteiger partial charge in [-0.05, 0) is 18.3 Å². The molecule has 0 radical (unpaired) electrons. The summed E-state index contributed by atoms with van der Waals surface area (Å²) in [6.07, 6.45) is 0.318. The quantitative estimate of drug-likeness (QED) is 0.311. The number of carbonyl (C=O) groups excluding carboxylic acids is 4. The highest BCUT2D eigenvalue weighted by molar-refractivity contribution is 9.10. The standard InChI is InChI=1S/C17H18Br2O8/c1-24-10(20)14-6-5-7-16(8(14)18,12(22)26-3)17(7,13(23)27-4)9(19)15(6,14)11(21)25-2/h6-9H,5H2,1-4H3. The van der Waals surface area contributed by atoms with E-state index in [2.05, 4.69) is 31.9 Å². The number of alkyl halides is 2. The summed E-state index contributed by atoms with van der Waals surface area (Å²) in [7, 11) is 4.93. The molecule has 0 aromatic carbocycles. The lowest BCUT2D eigenvalue weighted by atomic mass is 9.67. The molecule has 4 atom stereocenters. The zero-order chi connectivity index (χ0) is 20.2. The van der Waals surface area contributed by atoms with Crippen molar-refractivity contribution in [3.8, 4) is 0 Å². The highest BCUT2D eigenvalue weighted by atomic mass is 79.9. The van der Waals surface area contributed by atoms with Gasteiger partial charge in [0.2, 0.25) is 0 Å². The molecule has 0 aromatic rings. The van der Waals surface area contributed by atoms with Crippen LogP contribution in [0.25, 0.3) is 0 Å². The highest BCUT2D eigenvalue weighted by Crippen LogP contribution is 2.99. The number of methoxy groups -OCH3 is 4. The Morgan fingerprint density at radius 2 is 0.852 bits per heavy atom. The summed E-state index contributed by atoms with van der Waals surface area (Å²) in [5.74, 6) is -3.32. The molecule has 0 aliphatic heterocycles. The van der Waals surface area contributed by atoms with Gasteiger partial charge in [-0.3, -0.25) is 19.2 Å². The van der Waals surface area contributed by atoms with Gasteiger partial charge in [-0.15, -0.1) is 0 Å². The van der Waals surface area contributed by atoms with Crippen LogP contribution in [0.1, 0.15) is 6.42 Å². The summed E-state index contributed by atoms with van der Waals surface area (Å²) < 4.78 is 20.2. The smallest absolute Gasteiger partial charge is 0.314 e. The summed E-state index contributed by atoms with van der Waals surface area (Å²) in [6, 6.07) is 0. The SMILES string of the molecule is COC(=O)C12C(Br)C3(C(=O)OC)C4CC1C2(C(=O)OC)C(Br)C43C(=O)OC. The minimum absolute atomic E-state index is 0.318. The van der Waals surface area contributed by atoms with Gasteiger partial charge in [0.15, 0.2) is 0 Å². The van der Waals surface area contributed by atoms with Crippen molar-refractivity contribution in [1.29, 1.82) is 0 Å². The van der Waals surface area contributed by atoms with Crippen molar-refractivity contribution in [2.24, 2.45) is 33.5 Å². The van der Waals surface area contributed by atoms with Gasteiger partial charge >= 0.3 is 23.9 Å². The molecule has 5 aliphatic carbocycles. The third-order valence-corrected chi connectivity index (χ3v) is 10.5. The summed E-state index contributed by atoms with van der Waals surface area (Å²) in [6.45, 7) is 0. The molecular weight excluding hydrogens is 492 g/mol. The van der Waals surface area contributed by atoms with Gasteiger partial charge in [-0.2, -0.15) is 0 Å². The van der Waals surface area contributed by atoms with Gasteiger partial charge < -0.3 is 18.9 Å². The molecular formula is C17H18Br2O8. The number of halogens is 2. The average molecular weight is 510 g/mol. The Bertz CT molecular complexity index is 676. The second kappa shape index (κ2) is 5.25. The van der Waals surface area contributed by atoms with E-state index in [1.165, 1.54) is 28.4 Å². The molecule has 148 valence electrons. The van der Waals surface area contributed by atoms with Crippen molar-refractivity contribution >= 4 is 55.7 Å². The van der Waals surface area contributed by atoms with Crippen LogP contribution in [-0.2, 0) is 38.1 Å². The molecule has 0 N–H and O–H groups in total. The first kappa shape index (κ1) is 19.2. The maximum Gasteiger partial charge on any atom is 0.314 e. The summed E-state index contributed by atoms with van der Waals surface area (Å²) in [5, 5.41) is 0. The van der Waals surface area contributed by atoms with Crippen molar-refractivity contribution < 1.29 is 38.1 Å². The molecule has 0 amide bonds. The Hall–Kier alpha value is -1.16. The lowest BCUT2D eigenvalue weighted by Gasteiger charge is -2.42. The van der Waals surface area contributed by atoms with E-state index in [4.69, 9.17) is 18.9 Å². The monoisotopic (exact) mass is 508 g/mol. The second-order valence-corrected chi connectivity index (χ2v) is 9.34. The van der Waals surface area contributed by atoms with Crippen LogP contribution in [0.4, 0.5) is 0 Å². The van der Waals surface area contributed by atoms with Crippen LogP contribution < -0.4 is 0 Å². The molecule has 8 nitrogen and oxygen atoms in total. The Morgan fingerprint density at radius 1 is 0.630 bits per heavy atom. The van der Waals surface area contributed by atoms with E-state index in [-0.39, 0.29) is 0 Å². The van der Waals surface area contributed by atoms with Crippen molar-refractivity contribution in [2.75, 3.05) is 28.4 Å². The molecule has 5 rings (SSSR count). The van der Waals surface area contributed by atoms with Crippen molar-refractivity contribution in [3.63, 3.8) is 0 Å². The first-order valence-corrected chi connectivity index (χ1v) is 10.2. The minimum atomic E-state index is -1.33. The molecule has 0 heterocycles. The number of rotatable bonds is 4. The van der Waals surface area contributed by atoms with Crippen LogP contribution in [0.15, 0.2) is 0 Å². The van der Waals surface area contributed by atoms with E-state index < -0.39 is 67.0 Å². The zero-order valence-corrected chi connectivity index (χ0v) is 18.2. The number of esters is 4. The lowest BCUT2D eigenvalue weighted by molar-refractivity contribution is -0.170. The number of hydrogen-bond donors (Lipinski definition) is 0. The Morgan fingerprint density at radius 3 is 1.04 bits per heavy atom. The molecule has 4 unspecified atom stereocenters. The van der Waals surface area contributed by atoms with Crippen LogP contribution >= 0.6 is 31.9 Å². The maximum absolute atomic E-state index is 13.0. The minimum Gasteiger partial charge on any atom is -0.469 e. The molecule has 5 saturated carbocycles. The second-order valence-electron chi connectivity index (χ2n) is 7.51. The van der Waals surface area contributed by atoms with E-state index in [1.54, 1.807) is 0 Å². The number of carbonyl (C=O) groups is 4. The Labute approximate surface area is 171 Å². The third kappa shape index (κ3) is 1.38. The fraction of sp³-hybridized carbons (Fsp3) is 0.765. The zero-order valence-electron chi connectivity index (χ0n) is 15.0. The van der Waals surface area contributed by atoms with E-state index in [9.17, 15) is 19.2 Å². The van der Waals surface area contributed by atoms with Crippen LogP contribution in [0, 0.1) is 33.5 Å². The lowest BCUT2D eigenvalue weighted by Crippen LogP contribution is -2.58. The van der Waals surface area contributed by atoms with Gasteiger partial charge in [0.1, 0.15) is 21.7 Å². The summed E-state index contributed by atoms with van der Waals surface area (Å²) in [4.78, 5) is 50.2. The highest BCUT2D eigenvalue weighted by Gasteiger charge is 3.10. The van der Waals surface area contributed by atoms with Crippen LogP contribution in [0.3, 0.4) is 0 Å². The predicted octanol–water partition coefficient (Wildman–Crippen LogP) is 0.828. The van der Waals surface area contributed by atoms with Crippen molar-refractivity contribution in [3.05, 3.63) is 0 Å². The molecule has 27 heavy (non-hydrogen) atoms. The number of ether oxygens (including phenoxy) is 4. The third-order valence-electron chi connectivity index (χ3n) is 7.56.